The smallest absolute Gasteiger partial charge is 0.407 e. The highest BCUT2D eigenvalue weighted by Crippen LogP contribution is 2.45. The molecule has 1 N–H and O–H groups in total. The predicted molar refractivity (Wildman–Crippen MR) is 74.1 cm³/mol. The molecule has 1 atom stereocenters. The van der Waals surface area contributed by atoms with Crippen LogP contribution in [0.1, 0.15) is 59.3 Å². The molecule has 0 aromatic heterocycles. The number of hydrogen-bond donors (Lipinski definition) is 1. The summed E-state index contributed by atoms with van der Waals surface area (Å²) >= 11 is 0. The third-order valence-electron chi connectivity index (χ3n) is 4.08. The van der Waals surface area contributed by atoms with Crippen LogP contribution in [0.3, 0.4) is 0 Å². The van der Waals surface area contributed by atoms with Gasteiger partial charge < -0.3 is 14.8 Å². The third-order valence-corrected chi connectivity index (χ3v) is 4.08. The second kappa shape index (κ2) is 5.70. The van der Waals surface area contributed by atoms with Gasteiger partial charge >= 0.3 is 6.09 Å². The van der Waals surface area contributed by atoms with Crippen LogP contribution in [-0.4, -0.2) is 30.4 Å². The molecule has 0 spiro atoms. The van der Waals surface area contributed by atoms with Crippen LogP contribution in [0.5, 0.6) is 0 Å². The Morgan fingerprint density at radius 1 is 1.32 bits per heavy atom. The zero-order chi connectivity index (χ0) is 13.9. The molecule has 4 nitrogen and oxygen atoms in total. The number of rotatable bonds is 4. The second-order valence-electron chi connectivity index (χ2n) is 6.87. The maximum Gasteiger partial charge on any atom is 0.407 e. The normalized spacial score (nSPS) is 27.9. The molecule has 0 bridgehead atoms. The van der Waals surface area contributed by atoms with Crippen LogP contribution in [0.25, 0.3) is 0 Å². The average Bonchev–Trinajstić information content (AvgIpc) is 3.09. The van der Waals surface area contributed by atoms with Crippen LogP contribution in [0.15, 0.2) is 0 Å². The first kappa shape index (κ1) is 14.6. The van der Waals surface area contributed by atoms with Gasteiger partial charge in [-0.2, -0.15) is 0 Å². The van der Waals surface area contributed by atoms with Crippen LogP contribution >= 0.6 is 0 Å². The van der Waals surface area contributed by atoms with Crippen molar-refractivity contribution in [2.24, 2.45) is 5.92 Å². The first-order valence-electron chi connectivity index (χ1n) is 7.52. The molecule has 1 heterocycles. The minimum atomic E-state index is -0.429. The van der Waals surface area contributed by atoms with E-state index in [1.165, 1.54) is 32.1 Å². The van der Waals surface area contributed by atoms with Crippen LogP contribution in [0.4, 0.5) is 4.79 Å². The number of alkyl carbamates (subject to hydrolysis) is 1. The van der Waals surface area contributed by atoms with Gasteiger partial charge in [0.1, 0.15) is 5.60 Å². The van der Waals surface area contributed by atoms with E-state index in [-0.39, 0.29) is 11.7 Å². The lowest BCUT2D eigenvalue weighted by atomic mass is 9.78. The SMILES string of the molecule is CC(C)(C)OC(=O)NCCC1(C2CCCCC2)CO1. The van der Waals surface area contributed by atoms with E-state index in [0.717, 1.165) is 13.0 Å². The Hall–Kier alpha value is -0.770. The number of ether oxygens (including phenoxy) is 2. The fraction of sp³-hybridized carbons (Fsp3) is 0.933. The van der Waals surface area contributed by atoms with Gasteiger partial charge in [0.25, 0.3) is 0 Å². The van der Waals surface area contributed by atoms with Crippen molar-refractivity contribution in [2.75, 3.05) is 13.2 Å². The van der Waals surface area contributed by atoms with Gasteiger partial charge in [-0.3, -0.25) is 0 Å². The Kier molecular flexibility index (Phi) is 4.39. The molecule has 1 saturated heterocycles. The van der Waals surface area contributed by atoms with Crippen LogP contribution in [0.2, 0.25) is 0 Å². The van der Waals surface area contributed by atoms with Crippen molar-refractivity contribution in [3.63, 3.8) is 0 Å². The van der Waals surface area contributed by atoms with E-state index in [1.54, 1.807) is 0 Å². The number of carbonyl (C=O) groups excluding carboxylic acids is 1. The van der Waals surface area contributed by atoms with Crippen molar-refractivity contribution in [1.29, 1.82) is 0 Å². The van der Waals surface area contributed by atoms with Crippen molar-refractivity contribution >= 4 is 6.09 Å². The van der Waals surface area contributed by atoms with Gasteiger partial charge in [0.05, 0.1) is 12.2 Å². The maximum atomic E-state index is 11.6. The lowest BCUT2D eigenvalue weighted by Gasteiger charge is -2.28. The van der Waals surface area contributed by atoms with E-state index >= 15 is 0 Å². The zero-order valence-electron chi connectivity index (χ0n) is 12.5. The quantitative estimate of drug-likeness (QED) is 0.797. The highest BCUT2D eigenvalue weighted by Gasteiger charge is 2.50. The van der Waals surface area contributed by atoms with E-state index in [4.69, 9.17) is 9.47 Å². The molecule has 1 saturated carbocycles. The van der Waals surface area contributed by atoms with E-state index in [9.17, 15) is 4.79 Å². The molecular weight excluding hydrogens is 242 g/mol. The summed E-state index contributed by atoms with van der Waals surface area (Å²) in [5, 5.41) is 2.83. The molecule has 1 aliphatic heterocycles. The van der Waals surface area contributed by atoms with Crippen LogP contribution in [0, 0.1) is 5.92 Å². The molecule has 0 aromatic carbocycles. The van der Waals surface area contributed by atoms with Gasteiger partial charge in [-0.15, -0.1) is 0 Å². The number of hydrogen-bond acceptors (Lipinski definition) is 3. The van der Waals surface area contributed by atoms with Crippen molar-refractivity contribution in [1.82, 2.24) is 5.32 Å². The Morgan fingerprint density at radius 3 is 2.47 bits per heavy atom. The van der Waals surface area contributed by atoms with E-state index in [0.29, 0.717) is 12.5 Å². The number of carbonyl (C=O) groups is 1. The number of epoxide rings is 1. The predicted octanol–water partition coefficient (Wildman–Crippen LogP) is 3.25. The van der Waals surface area contributed by atoms with Crippen molar-refractivity contribution in [3.05, 3.63) is 0 Å². The molecule has 2 aliphatic rings. The first-order valence-corrected chi connectivity index (χ1v) is 7.52. The molecular formula is C15H27NO3. The van der Waals surface area contributed by atoms with Crippen LogP contribution < -0.4 is 5.32 Å². The summed E-state index contributed by atoms with van der Waals surface area (Å²) in [6.07, 6.45) is 7.18. The Balaban J connectivity index is 1.69. The van der Waals surface area contributed by atoms with Crippen molar-refractivity contribution in [3.8, 4) is 0 Å². The highest BCUT2D eigenvalue weighted by molar-refractivity contribution is 5.67. The monoisotopic (exact) mass is 269 g/mol. The molecule has 4 heteroatoms. The Morgan fingerprint density at radius 2 is 1.95 bits per heavy atom. The van der Waals surface area contributed by atoms with Gasteiger partial charge in [0.2, 0.25) is 0 Å². The summed E-state index contributed by atoms with van der Waals surface area (Å²) in [6, 6.07) is 0. The summed E-state index contributed by atoms with van der Waals surface area (Å²) in [7, 11) is 0. The number of amides is 1. The highest BCUT2D eigenvalue weighted by atomic mass is 16.6. The lowest BCUT2D eigenvalue weighted by Crippen LogP contribution is -2.36. The summed E-state index contributed by atoms with van der Waals surface area (Å²) < 4.78 is 11.0. The second-order valence-corrected chi connectivity index (χ2v) is 6.87. The van der Waals surface area contributed by atoms with E-state index in [2.05, 4.69) is 5.32 Å². The van der Waals surface area contributed by atoms with Gasteiger partial charge in [0.15, 0.2) is 0 Å². The Labute approximate surface area is 116 Å². The summed E-state index contributed by atoms with van der Waals surface area (Å²) in [6.45, 7) is 7.14. The van der Waals surface area contributed by atoms with Gasteiger partial charge in [-0.25, -0.2) is 4.79 Å². The fourth-order valence-electron chi connectivity index (χ4n) is 3.00. The van der Waals surface area contributed by atoms with Gasteiger partial charge in [-0.1, -0.05) is 19.3 Å². The molecule has 2 fully saturated rings. The Bertz CT molecular complexity index is 312. The van der Waals surface area contributed by atoms with Crippen LogP contribution in [-0.2, 0) is 9.47 Å². The molecule has 1 aliphatic carbocycles. The van der Waals surface area contributed by atoms with E-state index in [1.807, 2.05) is 20.8 Å². The average molecular weight is 269 g/mol. The minimum Gasteiger partial charge on any atom is -0.444 e. The standard InChI is InChI=1S/C15H27NO3/c1-14(2,3)19-13(17)16-10-9-15(11-18-15)12-7-5-4-6-8-12/h12H,4-11H2,1-3H3,(H,16,17). The largest absolute Gasteiger partial charge is 0.444 e. The third kappa shape index (κ3) is 4.37. The molecule has 1 unspecified atom stereocenters. The maximum absolute atomic E-state index is 11.6. The fourth-order valence-corrected chi connectivity index (χ4v) is 3.00. The molecule has 2 rings (SSSR count). The molecule has 19 heavy (non-hydrogen) atoms. The molecule has 110 valence electrons. The summed E-state index contributed by atoms with van der Waals surface area (Å²) in [5.41, 5.74) is -0.364. The minimum absolute atomic E-state index is 0.0649. The first-order chi connectivity index (χ1) is 8.91. The molecule has 0 aromatic rings. The summed E-state index contributed by atoms with van der Waals surface area (Å²) in [5.74, 6) is 0.696. The lowest BCUT2D eigenvalue weighted by molar-refractivity contribution is 0.0519. The van der Waals surface area contributed by atoms with Gasteiger partial charge in [0, 0.05) is 6.54 Å². The van der Waals surface area contributed by atoms with E-state index < -0.39 is 5.60 Å². The van der Waals surface area contributed by atoms with Crippen molar-refractivity contribution < 1.29 is 14.3 Å². The number of nitrogens with one attached hydrogen (secondary N) is 1. The molecule has 0 radical (unpaired) electrons. The molecule has 1 amide bonds. The van der Waals surface area contributed by atoms with Crippen molar-refractivity contribution in [2.45, 2.75) is 70.5 Å². The van der Waals surface area contributed by atoms with Gasteiger partial charge in [-0.05, 0) is 46.0 Å². The summed E-state index contributed by atoms with van der Waals surface area (Å²) in [4.78, 5) is 11.6. The topological polar surface area (TPSA) is 50.9 Å². The zero-order valence-corrected chi connectivity index (χ0v) is 12.5.